The van der Waals surface area contributed by atoms with Crippen LogP contribution in [0.4, 0.5) is 5.82 Å². The molecule has 1 fully saturated rings. The summed E-state index contributed by atoms with van der Waals surface area (Å²) in [6.45, 7) is 2.29. The van der Waals surface area contributed by atoms with Gasteiger partial charge in [0.05, 0.1) is 36.3 Å². The van der Waals surface area contributed by atoms with Crippen molar-refractivity contribution in [3.63, 3.8) is 0 Å². The summed E-state index contributed by atoms with van der Waals surface area (Å²) in [7, 11) is 3.28. The Labute approximate surface area is 196 Å². The van der Waals surface area contributed by atoms with E-state index in [2.05, 4.69) is 24.6 Å². The van der Waals surface area contributed by atoms with Crippen molar-refractivity contribution in [2.45, 2.75) is 0 Å². The van der Waals surface area contributed by atoms with Crippen LogP contribution in [0, 0.1) is 0 Å². The molecular weight excluding hydrogens is 432 g/mol. The molecule has 9 nitrogen and oxygen atoms in total. The fraction of sp³-hybridized carbons (Fsp3) is 0.240. The maximum absolute atomic E-state index is 13.8. The van der Waals surface area contributed by atoms with E-state index < -0.39 is 5.97 Å². The molecule has 9 heteroatoms. The Hall–Kier alpha value is -4.27. The average Bonchev–Trinajstić information content (AvgIpc) is 3.21. The third-order valence-electron chi connectivity index (χ3n) is 6.14. The second-order valence-electron chi connectivity index (χ2n) is 8.05. The van der Waals surface area contributed by atoms with Gasteiger partial charge in [0.1, 0.15) is 11.3 Å². The van der Waals surface area contributed by atoms with Crippen molar-refractivity contribution in [2.24, 2.45) is 7.05 Å². The van der Waals surface area contributed by atoms with Gasteiger partial charge < -0.3 is 19.1 Å². The largest absolute Gasteiger partial charge is 0.464 e. The highest BCUT2D eigenvalue weighted by Gasteiger charge is 2.29. The number of benzene rings is 1. The van der Waals surface area contributed by atoms with E-state index in [0.29, 0.717) is 43.1 Å². The lowest BCUT2D eigenvalue weighted by Gasteiger charge is -2.35. The number of amides is 1. The molecule has 34 heavy (non-hydrogen) atoms. The number of esters is 1. The lowest BCUT2D eigenvalue weighted by atomic mass is 10.1. The zero-order valence-electron chi connectivity index (χ0n) is 19.0. The number of hydrogen-bond donors (Lipinski definition) is 0. The first-order chi connectivity index (χ1) is 16.6. The fourth-order valence-corrected chi connectivity index (χ4v) is 4.39. The molecule has 5 rings (SSSR count). The number of fused-ring (bicyclic) bond motifs is 1. The quantitative estimate of drug-likeness (QED) is 0.436. The molecule has 0 aliphatic carbocycles. The Morgan fingerprint density at radius 2 is 1.68 bits per heavy atom. The zero-order chi connectivity index (χ0) is 23.7. The molecule has 1 aliphatic rings. The van der Waals surface area contributed by atoms with Crippen LogP contribution in [0.1, 0.15) is 20.8 Å². The van der Waals surface area contributed by atoms with Crippen LogP contribution in [0.25, 0.3) is 22.3 Å². The minimum absolute atomic E-state index is 0.0325. The van der Waals surface area contributed by atoms with Gasteiger partial charge >= 0.3 is 5.97 Å². The number of ether oxygens (including phenoxy) is 1. The molecule has 172 valence electrons. The highest BCUT2D eigenvalue weighted by atomic mass is 16.5. The van der Waals surface area contributed by atoms with Crippen molar-refractivity contribution < 1.29 is 14.3 Å². The second kappa shape index (κ2) is 8.93. The van der Waals surface area contributed by atoms with Crippen LogP contribution < -0.4 is 4.90 Å². The zero-order valence-corrected chi connectivity index (χ0v) is 19.0. The molecule has 3 aromatic heterocycles. The van der Waals surface area contributed by atoms with E-state index in [1.165, 1.54) is 13.3 Å². The van der Waals surface area contributed by atoms with Crippen LogP contribution in [0.2, 0.25) is 0 Å². The Morgan fingerprint density at radius 1 is 0.912 bits per heavy atom. The number of nitrogens with zero attached hydrogens (tertiary/aromatic N) is 6. The smallest absolute Gasteiger partial charge is 0.358 e. The van der Waals surface area contributed by atoms with Crippen LogP contribution in [0.15, 0.2) is 61.1 Å². The molecule has 1 amide bonds. The number of aromatic nitrogens is 4. The molecule has 1 aromatic carbocycles. The summed E-state index contributed by atoms with van der Waals surface area (Å²) in [4.78, 5) is 42.3. The van der Waals surface area contributed by atoms with E-state index in [0.717, 1.165) is 16.8 Å². The molecular formula is C25H24N6O3. The number of aryl methyl sites for hydroxylation is 1. The fourth-order valence-electron chi connectivity index (χ4n) is 4.39. The molecule has 0 radical (unpaired) electrons. The van der Waals surface area contributed by atoms with E-state index in [9.17, 15) is 9.59 Å². The SMILES string of the molecule is COC(=O)c1cnc(N2CCN(C(=O)c3c(-c4ccccc4)n(C)c4cccnc34)CC2)cn1. The molecule has 4 aromatic rings. The molecule has 1 saturated heterocycles. The predicted octanol–water partition coefficient (Wildman–Crippen LogP) is 2.78. The summed E-state index contributed by atoms with van der Waals surface area (Å²) in [5.74, 6) is 0.110. The number of carbonyl (C=O) groups excluding carboxylic acids is 2. The lowest BCUT2D eigenvalue weighted by Crippen LogP contribution is -2.49. The van der Waals surface area contributed by atoms with Gasteiger partial charge in [-0.1, -0.05) is 30.3 Å². The standard InChI is InChI=1S/C25H24N6O3/c1-29-19-9-6-10-26-22(19)21(23(29)17-7-4-3-5-8-17)24(32)31-13-11-30(12-14-31)20-16-27-18(15-28-20)25(33)34-2/h3-10,15-16H,11-14H2,1-2H3. The first-order valence-electron chi connectivity index (χ1n) is 11.0. The van der Waals surface area contributed by atoms with Gasteiger partial charge in [-0.05, 0) is 17.7 Å². The van der Waals surface area contributed by atoms with Gasteiger partial charge in [-0.3, -0.25) is 9.78 Å². The van der Waals surface area contributed by atoms with Gasteiger partial charge in [-0.2, -0.15) is 0 Å². The van der Waals surface area contributed by atoms with Crippen molar-refractivity contribution >= 4 is 28.7 Å². The van der Waals surface area contributed by atoms with E-state index in [-0.39, 0.29) is 11.6 Å². The molecule has 4 heterocycles. The van der Waals surface area contributed by atoms with Gasteiger partial charge in [0.25, 0.3) is 5.91 Å². The molecule has 0 N–H and O–H groups in total. The van der Waals surface area contributed by atoms with E-state index in [4.69, 9.17) is 0 Å². The first kappa shape index (κ1) is 21.6. The van der Waals surface area contributed by atoms with E-state index >= 15 is 0 Å². The summed E-state index contributed by atoms with van der Waals surface area (Å²) in [5.41, 5.74) is 4.26. The van der Waals surface area contributed by atoms with Gasteiger partial charge in [0, 0.05) is 39.4 Å². The van der Waals surface area contributed by atoms with Crippen LogP contribution >= 0.6 is 0 Å². The number of hydrogen-bond acceptors (Lipinski definition) is 7. The predicted molar refractivity (Wildman–Crippen MR) is 128 cm³/mol. The van der Waals surface area contributed by atoms with Crippen LogP contribution in [-0.2, 0) is 11.8 Å². The van der Waals surface area contributed by atoms with Crippen molar-refractivity contribution in [3.8, 4) is 11.3 Å². The maximum Gasteiger partial charge on any atom is 0.358 e. The Bertz CT molecular complexity index is 1340. The number of carbonyl (C=O) groups is 2. The highest BCUT2D eigenvalue weighted by Crippen LogP contribution is 2.33. The number of pyridine rings is 1. The van der Waals surface area contributed by atoms with Crippen LogP contribution in [0.5, 0.6) is 0 Å². The number of piperazine rings is 1. The lowest BCUT2D eigenvalue weighted by molar-refractivity contribution is 0.0593. The summed E-state index contributed by atoms with van der Waals surface area (Å²) < 4.78 is 6.71. The average molecular weight is 457 g/mol. The Balaban J connectivity index is 1.40. The minimum atomic E-state index is -0.521. The first-order valence-corrected chi connectivity index (χ1v) is 11.0. The third-order valence-corrected chi connectivity index (χ3v) is 6.14. The number of methoxy groups -OCH3 is 1. The summed E-state index contributed by atoms with van der Waals surface area (Å²) in [6, 6.07) is 13.8. The monoisotopic (exact) mass is 456 g/mol. The summed E-state index contributed by atoms with van der Waals surface area (Å²) in [6.07, 6.45) is 4.70. The topological polar surface area (TPSA) is 93.5 Å². The molecule has 0 atom stereocenters. The summed E-state index contributed by atoms with van der Waals surface area (Å²) >= 11 is 0. The second-order valence-corrected chi connectivity index (χ2v) is 8.05. The highest BCUT2D eigenvalue weighted by molar-refractivity contribution is 6.11. The normalized spacial score (nSPS) is 13.8. The Morgan fingerprint density at radius 3 is 2.35 bits per heavy atom. The molecule has 1 aliphatic heterocycles. The molecule has 0 spiro atoms. The number of anilines is 1. The van der Waals surface area contributed by atoms with Gasteiger partial charge in [0.2, 0.25) is 0 Å². The summed E-state index contributed by atoms with van der Waals surface area (Å²) in [5, 5.41) is 0. The van der Waals surface area contributed by atoms with Crippen LogP contribution in [0.3, 0.4) is 0 Å². The van der Waals surface area contributed by atoms with Crippen molar-refractivity contribution in [1.82, 2.24) is 24.4 Å². The van der Waals surface area contributed by atoms with Crippen molar-refractivity contribution in [1.29, 1.82) is 0 Å². The van der Waals surface area contributed by atoms with Crippen molar-refractivity contribution in [3.05, 3.63) is 72.3 Å². The van der Waals surface area contributed by atoms with E-state index in [1.807, 2.05) is 59.0 Å². The van der Waals surface area contributed by atoms with Crippen LogP contribution in [-0.4, -0.2) is 69.6 Å². The van der Waals surface area contributed by atoms with Gasteiger partial charge in [-0.15, -0.1) is 0 Å². The molecule has 0 saturated carbocycles. The van der Waals surface area contributed by atoms with Gasteiger partial charge in [0.15, 0.2) is 5.69 Å². The minimum Gasteiger partial charge on any atom is -0.464 e. The van der Waals surface area contributed by atoms with Crippen molar-refractivity contribution in [2.75, 3.05) is 38.2 Å². The Kier molecular flexibility index (Phi) is 5.67. The molecule has 0 bridgehead atoms. The third kappa shape index (κ3) is 3.75. The van der Waals surface area contributed by atoms with E-state index in [1.54, 1.807) is 12.4 Å². The molecule has 0 unspecified atom stereocenters. The van der Waals surface area contributed by atoms with Gasteiger partial charge in [-0.25, -0.2) is 14.8 Å². The maximum atomic E-state index is 13.8. The number of rotatable bonds is 4.